The van der Waals surface area contributed by atoms with Crippen molar-refractivity contribution in [2.75, 3.05) is 13.2 Å². The van der Waals surface area contributed by atoms with Crippen molar-refractivity contribution in [3.05, 3.63) is 12.2 Å². The molecule has 4 heteroatoms. The summed E-state index contributed by atoms with van der Waals surface area (Å²) in [5.74, 6) is 1.60. The molecule has 3 saturated carbocycles. The van der Waals surface area contributed by atoms with Crippen LogP contribution in [-0.4, -0.2) is 41.4 Å². The molecule has 6 atom stereocenters. The van der Waals surface area contributed by atoms with Crippen LogP contribution in [0.25, 0.3) is 0 Å². The van der Waals surface area contributed by atoms with E-state index in [0.29, 0.717) is 42.8 Å². The van der Waals surface area contributed by atoms with E-state index in [1.165, 1.54) is 19.3 Å². The Labute approximate surface area is 183 Å². The van der Waals surface area contributed by atoms with Gasteiger partial charge in [-0.1, -0.05) is 59.1 Å². The van der Waals surface area contributed by atoms with Gasteiger partial charge in [0, 0.05) is 17.3 Å². The van der Waals surface area contributed by atoms with Crippen LogP contribution >= 0.6 is 0 Å². The summed E-state index contributed by atoms with van der Waals surface area (Å²) in [7, 11) is 0. The Hall–Kier alpha value is -0.420. The third-order valence-electron chi connectivity index (χ3n) is 9.01. The average molecular weight is 421 g/mol. The summed E-state index contributed by atoms with van der Waals surface area (Å²) in [4.78, 5) is 0. The predicted octanol–water partition coefficient (Wildman–Crippen LogP) is 4.93. The van der Waals surface area contributed by atoms with E-state index in [9.17, 15) is 10.2 Å². The minimum absolute atomic E-state index is 0.0485. The van der Waals surface area contributed by atoms with Crippen LogP contribution in [-0.2, 0) is 9.47 Å². The van der Waals surface area contributed by atoms with Crippen molar-refractivity contribution >= 4 is 0 Å². The van der Waals surface area contributed by atoms with Crippen LogP contribution in [0.2, 0.25) is 0 Å². The first kappa shape index (κ1) is 22.8. The second kappa shape index (κ2) is 8.84. The zero-order chi connectivity index (χ0) is 21.5. The van der Waals surface area contributed by atoms with Gasteiger partial charge in [0.2, 0.25) is 0 Å². The normalized spacial score (nSPS) is 40.3. The maximum atomic E-state index is 11.1. The highest BCUT2D eigenvalue weighted by Gasteiger charge is 2.78. The SMILES string of the molecule is CC(C)CC1[C@H]2[C@H](/C=C/[C@@H](O)C3CCCCC3)[C@@H](O)CC[C@@]2(C(C)C)C12OCCO2. The van der Waals surface area contributed by atoms with Crippen molar-refractivity contribution in [1.82, 2.24) is 0 Å². The van der Waals surface area contributed by atoms with E-state index < -0.39 is 5.79 Å². The molecule has 4 nitrogen and oxygen atoms in total. The number of fused-ring (bicyclic) bond motifs is 2. The fraction of sp³-hybridized carbons (Fsp3) is 0.923. The van der Waals surface area contributed by atoms with Crippen molar-refractivity contribution < 1.29 is 19.7 Å². The maximum absolute atomic E-state index is 11.1. The lowest BCUT2D eigenvalue weighted by Gasteiger charge is -2.72. The van der Waals surface area contributed by atoms with Gasteiger partial charge in [-0.2, -0.15) is 0 Å². The van der Waals surface area contributed by atoms with E-state index in [-0.39, 0.29) is 23.5 Å². The van der Waals surface area contributed by atoms with Crippen LogP contribution in [0.1, 0.15) is 79.1 Å². The molecule has 1 aliphatic heterocycles. The van der Waals surface area contributed by atoms with Crippen LogP contribution in [0.15, 0.2) is 12.2 Å². The molecule has 3 aliphatic carbocycles. The molecule has 2 N–H and O–H groups in total. The summed E-state index contributed by atoms with van der Waals surface area (Å²) in [6, 6.07) is 0. The highest BCUT2D eigenvalue weighted by Crippen LogP contribution is 2.73. The van der Waals surface area contributed by atoms with Gasteiger partial charge in [-0.15, -0.1) is 0 Å². The molecule has 1 saturated heterocycles. The van der Waals surface area contributed by atoms with Crippen molar-refractivity contribution in [1.29, 1.82) is 0 Å². The number of rotatable bonds is 6. The number of hydrogen-bond acceptors (Lipinski definition) is 4. The van der Waals surface area contributed by atoms with Gasteiger partial charge in [-0.25, -0.2) is 0 Å². The topological polar surface area (TPSA) is 58.9 Å². The number of ether oxygens (including phenoxy) is 2. The number of aliphatic hydroxyl groups excluding tert-OH is 2. The molecule has 0 bridgehead atoms. The van der Waals surface area contributed by atoms with Crippen LogP contribution in [0.3, 0.4) is 0 Å². The van der Waals surface area contributed by atoms with Crippen LogP contribution < -0.4 is 0 Å². The molecule has 0 radical (unpaired) electrons. The van der Waals surface area contributed by atoms with Crippen molar-refractivity contribution in [3.63, 3.8) is 0 Å². The van der Waals surface area contributed by atoms with E-state index in [0.717, 1.165) is 32.1 Å². The molecule has 0 aromatic rings. The minimum atomic E-state index is -0.482. The van der Waals surface area contributed by atoms with Crippen molar-refractivity contribution in [3.8, 4) is 0 Å². The molecular formula is C26H44O4. The second-order valence-corrected chi connectivity index (χ2v) is 11.3. The molecular weight excluding hydrogens is 376 g/mol. The standard InChI is InChI=1S/C26H44O4/c1-17(2)16-21-24-20(10-11-22(27)19-8-6-5-7-9-19)23(28)12-13-25(24,18(3)4)26(21)29-14-15-30-26/h10-11,17-24,27-28H,5-9,12-16H2,1-4H3/b11-10+/t20-,21?,22-,23+,24-,25+/m1/s1. The minimum Gasteiger partial charge on any atom is -0.393 e. The highest BCUT2D eigenvalue weighted by molar-refractivity contribution is 5.23. The summed E-state index contributed by atoms with van der Waals surface area (Å²) in [5, 5.41) is 21.9. The fourth-order valence-corrected chi connectivity index (χ4v) is 7.77. The lowest BCUT2D eigenvalue weighted by atomic mass is 9.37. The summed E-state index contributed by atoms with van der Waals surface area (Å²) >= 11 is 0. The molecule has 0 aromatic carbocycles. The molecule has 0 aromatic heterocycles. The lowest BCUT2D eigenvalue weighted by Crippen LogP contribution is -2.77. The second-order valence-electron chi connectivity index (χ2n) is 11.3. The zero-order valence-corrected chi connectivity index (χ0v) is 19.6. The van der Waals surface area contributed by atoms with Gasteiger partial charge in [-0.05, 0) is 55.8 Å². The number of aliphatic hydroxyl groups is 2. The molecule has 1 unspecified atom stereocenters. The Bertz CT molecular complexity index is 602. The summed E-state index contributed by atoms with van der Waals surface area (Å²) in [5.41, 5.74) is -0.0485. The maximum Gasteiger partial charge on any atom is 0.177 e. The van der Waals surface area contributed by atoms with Gasteiger partial charge in [0.05, 0.1) is 25.4 Å². The van der Waals surface area contributed by atoms with Gasteiger partial charge in [-0.3, -0.25) is 0 Å². The summed E-state index contributed by atoms with van der Waals surface area (Å²) in [6.45, 7) is 10.5. The summed E-state index contributed by atoms with van der Waals surface area (Å²) in [6.07, 6.45) is 12.3. The predicted molar refractivity (Wildman–Crippen MR) is 119 cm³/mol. The Morgan fingerprint density at radius 3 is 2.27 bits per heavy atom. The van der Waals surface area contributed by atoms with Gasteiger partial charge < -0.3 is 19.7 Å². The Kier molecular flexibility index (Phi) is 6.71. The first-order valence-electron chi connectivity index (χ1n) is 12.7. The quantitative estimate of drug-likeness (QED) is 0.598. The molecule has 30 heavy (non-hydrogen) atoms. The van der Waals surface area contributed by atoms with Gasteiger partial charge in [0.1, 0.15) is 0 Å². The van der Waals surface area contributed by atoms with Gasteiger partial charge in [0.15, 0.2) is 5.79 Å². The molecule has 4 aliphatic rings. The van der Waals surface area contributed by atoms with E-state index in [1.807, 2.05) is 6.08 Å². The molecule has 1 spiro atoms. The van der Waals surface area contributed by atoms with Crippen LogP contribution in [0, 0.1) is 40.9 Å². The first-order valence-corrected chi connectivity index (χ1v) is 12.7. The molecule has 1 heterocycles. The first-order chi connectivity index (χ1) is 14.3. The van der Waals surface area contributed by atoms with E-state index >= 15 is 0 Å². The van der Waals surface area contributed by atoms with Gasteiger partial charge in [0.25, 0.3) is 0 Å². The van der Waals surface area contributed by atoms with Crippen LogP contribution in [0.5, 0.6) is 0 Å². The summed E-state index contributed by atoms with van der Waals surface area (Å²) < 4.78 is 12.9. The third-order valence-corrected chi connectivity index (χ3v) is 9.01. The smallest absolute Gasteiger partial charge is 0.177 e. The molecule has 0 amide bonds. The third kappa shape index (κ3) is 3.50. The van der Waals surface area contributed by atoms with Crippen molar-refractivity contribution in [2.24, 2.45) is 40.9 Å². The highest BCUT2D eigenvalue weighted by atomic mass is 16.7. The largest absolute Gasteiger partial charge is 0.393 e. The van der Waals surface area contributed by atoms with Crippen molar-refractivity contribution in [2.45, 2.75) is 97.1 Å². The molecule has 4 rings (SSSR count). The fourth-order valence-electron chi connectivity index (χ4n) is 7.77. The van der Waals surface area contributed by atoms with Gasteiger partial charge >= 0.3 is 0 Å². The Morgan fingerprint density at radius 2 is 1.67 bits per heavy atom. The molecule has 172 valence electrons. The average Bonchev–Trinajstić information content (AvgIpc) is 3.24. The van der Waals surface area contributed by atoms with E-state index in [4.69, 9.17) is 9.47 Å². The monoisotopic (exact) mass is 420 g/mol. The van der Waals surface area contributed by atoms with E-state index in [1.54, 1.807) is 0 Å². The van der Waals surface area contributed by atoms with Crippen LogP contribution in [0.4, 0.5) is 0 Å². The lowest BCUT2D eigenvalue weighted by molar-refractivity contribution is -0.406. The zero-order valence-electron chi connectivity index (χ0n) is 19.6. The molecule has 4 fully saturated rings. The Morgan fingerprint density at radius 1 is 1.00 bits per heavy atom. The number of hydrogen-bond donors (Lipinski definition) is 2. The Balaban J connectivity index is 1.62. The van der Waals surface area contributed by atoms with E-state index in [2.05, 4.69) is 33.8 Å².